The largest absolute Gasteiger partial charge is 0.481 e. The molecule has 0 radical (unpaired) electrons. The summed E-state index contributed by atoms with van der Waals surface area (Å²) in [5, 5.41) is 8.82. The maximum Gasteiger partial charge on any atom is 0.416 e. The van der Waals surface area contributed by atoms with Crippen LogP contribution in [0.25, 0.3) is 0 Å². The van der Waals surface area contributed by atoms with Crippen molar-refractivity contribution in [3.63, 3.8) is 0 Å². The number of H-pyrrole nitrogens is 1. The fraction of sp³-hybridized carbons (Fsp3) is 0.500. The van der Waals surface area contributed by atoms with Crippen LogP contribution < -0.4 is 5.76 Å². The molecule has 0 bridgehead atoms. The molecule has 0 aliphatic heterocycles. The van der Waals surface area contributed by atoms with E-state index in [1.165, 1.54) is 0 Å². The molecule has 5 nitrogen and oxygen atoms in total. The molecule has 0 aromatic carbocycles. The first kappa shape index (κ1) is 8.10. The Hall–Kier alpha value is -1.52. The van der Waals surface area contributed by atoms with Crippen molar-refractivity contribution in [3.05, 3.63) is 22.0 Å². The van der Waals surface area contributed by atoms with Crippen LogP contribution >= 0.6 is 0 Å². The maximum absolute atomic E-state index is 10.8. The van der Waals surface area contributed by atoms with Gasteiger partial charge in [0.25, 0.3) is 0 Å². The van der Waals surface area contributed by atoms with E-state index >= 15 is 0 Å². The molecule has 0 amide bonds. The van der Waals surface area contributed by atoms with Crippen LogP contribution in [0, 0.1) is 0 Å². The van der Waals surface area contributed by atoms with Crippen LogP contribution in [0.1, 0.15) is 30.2 Å². The lowest BCUT2D eigenvalue weighted by Gasteiger charge is -2.15. The number of aryl methyl sites for hydroxylation is 1. The number of rotatable bonds is 1. The number of carbonyl (C=O) groups is 1. The summed E-state index contributed by atoms with van der Waals surface area (Å²) in [4.78, 5) is 24.1. The third-order valence-corrected chi connectivity index (χ3v) is 2.29. The Kier molecular flexibility index (Phi) is 1.72. The molecule has 1 aromatic rings. The molecule has 2 N–H and O–H groups in total. The highest BCUT2D eigenvalue weighted by Gasteiger charge is 2.30. The van der Waals surface area contributed by atoms with Crippen molar-refractivity contribution in [2.24, 2.45) is 0 Å². The van der Waals surface area contributed by atoms with Gasteiger partial charge >= 0.3 is 11.7 Å². The van der Waals surface area contributed by atoms with Gasteiger partial charge in [-0.25, -0.2) is 4.79 Å². The minimum absolute atomic E-state index is 0.309. The quantitative estimate of drug-likeness (QED) is 0.663. The molecule has 0 spiro atoms. The van der Waals surface area contributed by atoms with Gasteiger partial charge in [0.1, 0.15) is 11.7 Å². The van der Waals surface area contributed by atoms with Crippen molar-refractivity contribution in [1.29, 1.82) is 0 Å². The molecule has 1 aliphatic carbocycles. The zero-order valence-corrected chi connectivity index (χ0v) is 6.87. The molecule has 13 heavy (non-hydrogen) atoms. The fourth-order valence-electron chi connectivity index (χ4n) is 1.69. The number of carboxylic acids is 1. The molecule has 1 unspecified atom stereocenters. The van der Waals surface area contributed by atoms with Crippen molar-refractivity contribution in [3.8, 4) is 0 Å². The van der Waals surface area contributed by atoms with Crippen LogP contribution in [0.3, 0.4) is 0 Å². The number of oxazole rings is 1. The number of nitrogens with one attached hydrogen (secondary N) is 1. The molecule has 1 atom stereocenters. The van der Waals surface area contributed by atoms with Crippen molar-refractivity contribution in [2.75, 3.05) is 0 Å². The van der Waals surface area contributed by atoms with Crippen molar-refractivity contribution in [2.45, 2.75) is 25.2 Å². The zero-order chi connectivity index (χ0) is 9.42. The second-order valence-corrected chi connectivity index (χ2v) is 3.14. The third kappa shape index (κ3) is 1.26. The predicted octanol–water partition coefficient (Wildman–Crippen LogP) is 0.472. The van der Waals surface area contributed by atoms with Gasteiger partial charge in [-0.05, 0) is 19.3 Å². The Labute approximate surface area is 73.4 Å². The average molecular weight is 183 g/mol. The van der Waals surface area contributed by atoms with Crippen molar-refractivity contribution < 1.29 is 14.3 Å². The lowest BCUT2D eigenvalue weighted by atomic mass is 9.91. The smallest absolute Gasteiger partial charge is 0.416 e. The highest BCUT2D eigenvalue weighted by Crippen LogP contribution is 2.29. The van der Waals surface area contributed by atoms with E-state index in [9.17, 15) is 9.59 Å². The van der Waals surface area contributed by atoms with Gasteiger partial charge in [-0.1, -0.05) is 0 Å². The van der Waals surface area contributed by atoms with Crippen LogP contribution in [-0.2, 0) is 11.2 Å². The third-order valence-electron chi connectivity index (χ3n) is 2.29. The van der Waals surface area contributed by atoms with Crippen LogP contribution in [0.5, 0.6) is 0 Å². The Bertz CT molecular complexity index is 389. The Morgan fingerprint density at radius 2 is 2.38 bits per heavy atom. The molecule has 1 aromatic heterocycles. The summed E-state index contributed by atoms with van der Waals surface area (Å²) >= 11 is 0. The molecule has 0 fully saturated rings. The SMILES string of the molecule is O=C(O)C1CCCc2[nH]c(=O)oc21. The maximum atomic E-state index is 10.8. The summed E-state index contributed by atoms with van der Waals surface area (Å²) in [6.45, 7) is 0. The summed E-state index contributed by atoms with van der Waals surface area (Å²) in [6.07, 6.45) is 2.02. The number of aromatic nitrogens is 1. The summed E-state index contributed by atoms with van der Waals surface area (Å²) < 4.78 is 4.79. The van der Waals surface area contributed by atoms with E-state index in [-0.39, 0.29) is 0 Å². The van der Waals surface area contributed by atoms with Gasteiger partial charge in [0.05, 0.1) is 5.69 Å². The first-order valence-corrected chi connectivity index (χ1v) is 4.13. The topological polar surface area (TPSA) is 83.3 Å². The normalized spacial score (nSPS) is 21.1. The van der Waals surface area contributed by atoms with Gasteiger partial charge in [-0.3, -0.25) is 9.78 Å². The number of aromatic amines is 1. The summed E-state index contributed by atoms with van der Waals surface area (Å²) in [6, 6.07) is 0. The molecule has 0 saturated carbocycles. The average Bonchev–Trinajstić information content (AvgIpc) is 2.43. The second-order valence-electron chi connectivity index (χ2n) is 3.14. The van der Waals surface area contributed by atoms with E-state index in [4.69, 9.17) is 9.52 Å². The van der Waals surface area contributed by atoms with Crippen LogP contribution in [0.15, 0.2) is 9.21 Å². The van der Waals surface area contributed by atoms with Gasteiger partial charge in [0.15, 0.2) is 0 Å². The fourth-order valence-corrected chi connectivity index (χ4v) is 1.69. The molecule has 1 heterocycles. The van der Waals surface area contributed by atoms with Crippen molar-refractivity contribution >= 4 is 5.97 Å². The Morgan fingerprint density at radius 3 is 3.08 bits per heavy atom. The summed E-state index contributed by atoms with van der Waals surface area (Å²) in [5.74, 6) is -1.83. The Morgan fingerprint density at radius 1 is 1.62 bits per heavy atom. The molecule has 70 valence electrons. The summed E-state index contributed by atoms with van der Waals surface area (Å²) in [7, 11) is 0. The molecule has 0 saturated heterocycles. The van der Waals surface area contributed by atoms with Crippen LogP contribution in [0.4, 0.5) is 0 Å². The first-order valence-electron chi connectivity index (χ1n) is 4.13. The number of fused-ring (bicyclic) bond motifs is 1. The highest BCUT2D eigenvalue weighted by atomic mass is 16.4. The minimum atomic E-state index is -0.927. The molecule has 1 aliphatic rings. The number of hydrogen-bond acceptors (Lipinski definition) is 3. The van der Waals surface area contributed by atoms with Crippen molar-refractivity contribution in [1.82, 2.24) is 4.98 Å². The predicted molar refractivity (Wildman–Crippen MR) is 42.6 cm³/mol. The monoisotopic (exact) mass is 183 g/mol. The van der Waals surface area contributed by atoms with E-state index in [1.807, 2.05) is 0 Å². The van der Waals surface area contributed by atoms with E-state index in [1.54, 1.807) is 0 Å². The van der Waals surface area contributed by atoms with Gasteiger partial charge in [0, 0.05) is 0 Å². The standard InChI is InChI=1S/C8H9NO4/c10-7(11)4-2-1-3-5-6(4)13-8(12)9-5/h4H,1-3H2,(H,9,12)(H,10,11). The van der Waals surface area contributed by atoms with E-state index in [0.29, 0.717) is 24.3 Å². The Balaban J connectivity index is 2.47. The molecular formula is C8H9NO4. The van der Waals surface area contributed by atoms with Gasteiger partial charge in [-0.2, -0.15) is 0 Å². The van der Waals surface area contributed by atoms with E-state index < -0.39 is 17.6 Å². The first-order chi connectivity index (χ1) is 6.18. The number of hydrogen-bond donors (Lipinski definition) is 2. The lowest BCUT2D eigenvalue weighted by molar-refractivity contribution is -0.139. The molecule has 2 rings (SSSR count). The van der Waals surface area contributed by atoms with E-state index in [0.717, 1.165) is 6.42 Å². The van der Waals surface area contributed by atoms with Gasteiger partial charge in [-0.15, -0.1) is 0 Å². The molecule has 5 heteroatoms. The lowest BCUT2D eigenvalue weighted by Crippen LogP contribution is -2.16. The number of carboxylic acid groups (broad SMARTS) is 1. The van der Waals surface area contributed by atoms with E-state index in [2.05, 4.69) is 4.98 Å². The second kappa shape index (κ2) is 2.76. The van der Waals surface area contributed by atoms with Gasteiger partial charge < -0.3 is 9.52 Å². The zero-order valence-electron chi connectivity index (χ0n) is 6.87. The van der Waals surface area contributed by atoms with Crippen LogP contribution in [0.2, 0.25) is 0 Å². The number of aliphatic carboxylic acids is 1. The van der Waals surface area contributed by atoms with Crippen LogP contribution in [-0.4, -0.2) is 16.1 Å². The highest BCUT2D eigenvalue weighted by molar-refractivity contribution is 5.75. The van der Waals surface area contributed by atoms with Gasteiger partial charge in [0.2, 0.25) is 0 Å². The minimum Gasteiger partial charge on any atom is -0.481 e. The molecular weight excluding hydrogens is 174 g/mol. The summed E-state index contributed by atoms with van der Waals surface area (Å²) in [5.41, 5.74) is 0.642.